The van der Waals surface area contributed by atoms with Gasteiger partial charge in [0.25, 0.3) is 0 Å². The van der Waals surface area contributed by atoms with Crippen LogP contribution in [0, 0.1) is 12.8 Å². The molecule has 0 spiro atoms. The Morgan fingerprint density at radius 1 is 1.21 bits per heavy atom. The van der Waals surface area contributed by atoms with E-state index in [-0.39, 0.29) is 24.8 Å². The van der Waals surface area contributed by atoms with Crippen molar-refractivity contribution >= 4 is 39.3 Å². The Kier molecular flexibility index (Phi) is 8.15. The van der Waals surface area contributed by atoms with Gasteiger partial charge in [-0.25, -0.2) is 9.78 Å². The molecule has 6 rings (SSSR count). The SMILES string of the molecule is COC(=O)[C@@]12C[C@H]1/C=C\CCCCC[C@H](N)C(=O)N1C[C@H](Oc3nc(-c4ccccn4)nc4c(C)csc34)C[C@H]1C(=O)N2. The molecule has 5 heterocycles. The van der Waals surface area contributed by atoms with Gasteiger partial charge in [0.1, 0.15) is 28.1 Å². The van der Waals surface area contributed by atoms with Crippen LogP contribution in [0.15, 0.2) is 41.9 Å². The van der Waals surface area contributed by atoms with Gasteiger partial charge in [-0.1, -0.05) is 31.1 Å². The second-order valence-electron chi connectivity index (χ2n) is 11.6. The van der Waals surface area contributed by atoms with E-state index in [0.29, 0.717) is 30.2 Å². The van der Waals surface area contributed by atoms with Gasteiger partial charge in [0.2, 0.25) is 17.7 Å². The lowest BCUT2D eigenvalue weighted by Gasteiger charge is -2.28. The molecule has 2 aliphatic heterocycles. The van der Waals surface area contributed by atoms with Crippen molar-refractivity contribution in [3.63, 3.8) is 0 Å². The van der Waals surface area contributed by atoms with Crippen LogP contribution in [-0.2, 0) is 19.1 Å². The van der Waals surface area contributed by atoms with Crippen LogP contribution in [0.4, 0.5) is 0 Å². The Balaban J connectivity index is 1.30. The third-order valence-corrected chi connectivity index (χ3v) is 9.64. The third kappa shape index (κ3) is 5.73. The van der Waals surface area contributed by atoms with Gasteiger partial charge in [0, 0.05) is 18.5 Å². The van der Waals surface area contributed by atoms with E-state index in [1.54, 1.807) is 6.20 Å². The first-order chi connectivity index (χ1) is 20.8. The molecule has 3 aliphatic rings. The maximum atomic E-state index is 13.8. The fourth-order valence-electron chi connectivity index (χ4n) is 6.06. The largest absolute Gasteiger partial charge is 0.471 e. The van der Waals surface area contributed by atoms with Crippen LogP contribution in [0.2, 0.25) is 0 Å². The number of nitrogens with two attached hydrogens (primary N) is 1. The van der Waals surface area contributed by atoms with Gasteiger partial charge < -0.3 is 25.4 Å². The van der Waals surface area contributed by atoms with E-state index in [9.17, 15) is 14.4 Å². The number of aromatic nitrogens is 3. The van der Waals surface area contributed by atoms with E-state index in [2.05, 4.69) is 16.4 Å². The number of hydrogen-bond acceptors (Lipinski definition) is 10. The molecule has 2 fully saturated rings. The van der Waals surface area contributed by atoms with Crippen LogP contribution >= 0.6 is 11.3 Å². The number of aryl methyl sites for hydroxylation is 1. The summed E-state index contributed by atoms with van der Waals surface area (Å²) in [6.45, 7) is 2.14. The summed E-state index contributed by atoms with van der Waals surface area (Å²) < 4.78 is 12.3. The quantitative estimate of drug-likeness (QED) is 0.338. The lowest BCUT2D eigenvalue weighted by atomic mass is 10.1. The first-order valence-corrected chi connectivity index (χ1v) is 15.7. The number of amides is 2. The molecule has 1 aliphatic carbocycles. The summed E-state index contributed by atoms with van der Waals surface area (Å²) in [5, 5.41) is 4.95. The zero-order valence-electron chi connectivity index (χ0n) is 24.3. The number of nitrogens with one attached hydrogen (secondary N) is 1. The van der Waals surface area contributed by atoms with Crippen LogP contribution in [0.1, 0.15) is 50.5 Å². The van der Waals surface area contributed by atoms with Crippen molar-refractivity contribution in [2.75, 3.05) is 13.7 Å². The van der Waals surface area contributed by atoms with Gasteiger partial charge in [-0.05, 0) is 55.7 Å². The smallest absolute Gasteiger partial charge is 0.332 e. The Bertz CT molecular complexity index is 1560. The van der Waals surface area contributed by atoms with Crippen molar-refractivity contribution in [1.29, 1.82) is 0 Å². The van der Waals surface area contributed by atoms with Crippen molar-refractivity contribution in [2.24, 2.45) is 11.7 Å². The minimum Gasteiger partial charge on any atom is -0.471 e. The minimum absolute atomic E-state index is 0.157. The van der Waals surface area contributed by atoms with Gasteiger partial charge in [0.05, 0.1) is 25.2 Å². The highest BCUT2D eigenvalue weighted by Gasteiger charge is 2.62. The number of ether oxygens (including phenoxy) is 2. The van der Waals surface area contributed by atoms with E-state index in [0.717, 1.165) is 41.5 Å². The number of fused-ring (bicyclic) bond motifs is 3. The fourth-order valence-corrected chi connectivity index (χ4v) is 6.98. The summed E-state index contributed by atoms with van der Waals surface area (Å²) in [7, 11) is 1.32. The van der Waals surface area contributed by atoms with E-state index >= 15 is 0 Å². The molecule has 3 aromatic rings. The van der Waals surface area contributed by atoms with Gasteiger partial charge >= 0.3 is 5.97 Å². The first-order valence-electron chi connectivity index (χ1n) is 14.8. The maximum absolute atomic E-state index is 13.8. The molecule has 0 unspecified atom stereocenters. The van der Waals surface area contributed by atoms with E-state index < -0.39 is 35.6 Å². The van der Waals surface area contributed by atoms with Crippen LogP contribution in [0.25, 0.3) is 21.7 Å². The normalized spacial score (nSPS) is 28.7. The highest BCUT2D eigenvalue weighted by Crippen LogP contribution is 2.46. The molecule has 1 saturated heterocycles. The predicted octanol–water partition coefficient (Wildman–Crippen LogP) is 3.31. The van der Waals surface area contributed by atoms with Gasteiger partial charge in [-0.2, -0.15) is 4.98 Å². The van der Waals surface area contributed by atoms with Gasteiger partial charge in [-0.3, -0.25) is 14.6 Å². The molecule has 3 N–H and O–H groups in total. The third-order valence-electron chi connectivity index (χ3n) is 8.56. The van der Waals surface area contributed by atoms with Crippen LogP contribution in [-0.4, -0.2) is 75.0 Å². The Morgan fingerprint density at radius 3 is 2.86 bits per heavy atom. The zero-order valence-corrected chi connectivity index (χ0v) is 25.1. The second-order valence-corrected chi connectivity index (χ2v) is 12.5. The highest BCUT2D eigenvalue weighted by atomic mass is 32.1. The van der Waals surface area contributed by atoms with Crippen LogP contribution in [0.5, 0.6) is 5.88 Å². The lowest BCUT2D eigenvalue weighted by Crippen LogP contribution is -2.55. The monoisotopic (exact) mass is 604 g/mol. The van der Waals surface area contributed by atoms with Crippen LogP contribution < -0.4 is 15.8 Å². The van der Waals surface area contributed by atoms with Gasteiger partial charge in [0.15, 0.2) is 5.82 Å². The molecule has 12 heteroatoms. The second kappa shape index (κ2) is 12.0. The summed E-state index contributed by atoms with van der Waals surface area (Å²) >= 11 is 1.48. The van der Waals surface area contributed by atoms with Crippen molar-refractivity contribution < 1.29 is 23.9 Å². The van der Waals surface area contributed by atoms with Crippen molar-refractivity contribution in [3.8, 4) is 17.4 Å². The predicted molar refractivity (Wildman–Crippen MR) is 161 cm³/mol. The molecule has 0 aromatic carbocycles. The standard InChI is InChI=1S/C31H36N6O5S/c1-18-17-43-25-24(18)34-26(22-12-8-9-13-33-22)35-28(25)42-20-14-23-27(38)36-31(30(40)41-2)15-19(31)10-6-4-3-5-7-11-21(32)29(39)37(23)16-20/h6,8-10,12-13,17,19-21,23H,3-5,7,11,14-16,32H2,1-2H3,(H,36,38)/b10-6-/t19-,20-,21+,23+,31-/m1/s1. The fraction of sp³-hybridized carbons (Fsp3) is 0.484. The maximum Gasteiger partial charge on any atom is 0.332 e. The number of esters is 1. The Morgan fingerprint density at radius 2 is 2.07 bits per heavy atom. The highest BCUT2D eigenvalue weighted by molar-refractivity contribution is 7.17. The minimum atomic E-state index is -1.14. The summed E-state index contributed by atoms with van der Waals surface area (Å²) in [4.78, 5) is 55.7. The average molecular weight is 605 g/mol. The number of hydrogen-bond donors (Lipinski definition) is 2. The number of carbonyl (C=O) groups is 3. The molecule has 0 radical (unpaired) electrons. The first kappa shape index (κ1) is 29.2. The number of nitrogens with zero attached hydrogens (tertiary/aromatic N) is 4. The summed E-state index contributed by atoms with van der Waals surface area (Å²) in [6, 6.07) is 3.93. The number of thiophene rings is 1. The molecule has 0 bridgehead atoms. The number of rotatable bonds is 4. The summed E-state index contributed by atoms with van der Waals surface area (Å²) in [6.07, 6.45) is 9.98. The number of methoxy groups -OCH3 is 1. The molecule has 1 saturated carbocycles. The Labute approximate surface area is 253 Å². The molecular formula is C31H36N6O5S. The van der Waals surface area contributed by atoms with Gasteiger partial charge in [-0.15, -0.1) is 11.3 Å². The van der Waals surface area contributed by atoms with Crippen molar-refractivity contribution in [3.05, 3.63) is 47.5 Å². The molecule has 5 atom stereocenters. The lowest BCUT2D eigenvalue weighted by molar-refractivity contribution is -0.148. The molecule has 3 aromatic heterocycles. The number of allylic oxidation sites excluding steroid dienone is 1. The number of carbonyl (C=O) groups excluding carboxylic acids is 3. The summed E-state index contributed by atoms with van der Waals surface area (Å²) in [5.74, 6) is -0.549. The Hall–Kier alpha value is -3.90. The van der Waals surface area contributed by atoms with Crippen molar-refractivity contribution in [2.45, 2.75) is 75.6 Å². The van der Waals surface area contributed by atoms with Crippen LogP contribution in [0.3, 0.4) is 0 Å². The van der Waals surface area contributed by atoms with E-state index in [1.165, 1.54) is 23.3 Å². The van der Waals surface area contributed by atoms with Crippen molar-refractivity contribution in [1.82, 2.24) is 25.2 Å². The molecule has 2 amide bonds. The molecular weight excluding hydrogens is 568 g/mol. The topological polar surface area (TPSA) is 150 Å². The molecule has 43 heavy (non-hydrogen) atoms. The zero-order chi connectivity index (χ0) is 30.1. The molecule has 11 nitrogen and oxygen atoms in total. The average Bonchev–Trinajstić information content (AvgIpc) is 3.33. The van der Waals surface area contributed by atoms with E-state index in [1.807, 2.05) is 36.6 Å². The summed E-state index contributed by atoms with van der Waals surface area (Å²) in [5.41, 5.74) is 7.61. The molecule has 226 valence electrons. The number of pyridine rings is 1. The van der Waals surface area contributed by atoms with E-state index in [4.69, 9.17) is 25.2 Å².